The maximum absolute atomic E-state index is 12.7. The van der Waals surface area contributed by atoms with Gasteiger partial charge in [-0.2, -0.15) is 0 Å². The Balaban J connectivity index is 2.31. The predicted octanol–water partition coefficient (Wildman–Crippen LogP) is 0.927. The quantitative estimate of drug-likeness (QED) is 0.810. The second-order valence-corrected chi connectivity index (χ2v) is 6.36. The highest BCUT2D eigenvalue weighted by Gasteiger charge is 2.48. The van der Waals surface area contributed by atoms with Crippen LogP contribution in [0.25, 0.3) is 0 Å². The highest BCUT2D eigenvalue weighted by Crippen LogP contribution is 2.28. The monoisotopic (exact) mass is 268 g/mol. The number of carbonyl (C=O) groups excluding carboxylic acids is 2. The fourth-order valence-electron chi connectivity index (χ4n) is 2.99. The average molecular weight is 268 g/mol. The molecule has 2 aliphatic rings. The first-order valence-corrected chi connectivity index (χ1v) is 7.07. The molecule has 0 spiro atoms. The van der Waals surface area contributed by atoms with Crippen molar-refractivity contribution >= 4 is 11.8 Å². The molecule has 0 bridgehead atoms. The van der Waals surface area contributed by atoms with Crippen LogP contribution in [0.1, 0.15) is 40.5 Å². The molecule has 0 radical (unpaired) electrons. The SMILES string of the molecule is CC(C)C1C(=O)NC(C)(C)C(=O)N1C1CCOCC1. The topological polar surface area (TPSA) is 58.6 Å². The molecule has 0 aromatic carbocycles. The number of carbonyl (C=O) groups is 2. The smallest absolute Gasteiger partial charge is 0.248 e. The van der Waals surface area contributed by atoms with Gasteiger partial charge in [0, 0.05) is 19.3 Å². The number of amides is 2. The largest absolute Gasteiger partial charge is 0.381 e. The van der Waals surface area contributed by atoms with E-state index < -0.39 is 5.54 Å². The molecular weight excluding hydrogens is 244 g/mol. The van der Waals surface area contributed by atoms with Gasteiger partial charge in [-0.3, -0.25) is 9.59 Å². The Morgan fingerprint density at radius 1 is 1.26 bits per heavy atom. The van der Waals surface area contributed by atoms with Crippen molar-refractivity contribution in [2.45, 2.75) is 58.2 Å². The Hall–Kier alpha value is -1.10. The van der Waals surface area contributed by atoms with Crippen LogP contribution in [0.15, 0.2) is 0 Å². The third-order valence-corrected chi connectivity index (χ3v) is 3.99. The fourth-order valence-corrected chi connectivity index (χ4v) is 2.99. The molecule has 2 aliphatic heterocycles. The van der Waals surface area contributed by atoms with Gasteiger partial charge in [0.15, 0.2) is 0 Å². The Bertz CT molecular complexity index is 373. The molecule has 2 fully saturated rings. The van der Waals surface area contributed by atoms with E-state index in [0.29, 0.717) is 13.2 Å². The van der Waals surface area contributed by atoms with Gasteiger partial charge in [0.05, 0.1) is 0 Å². The summed E-state index contributed by atoms with van der Waals surface area (Å²) in [4.78, 5) is 26.8. The van der Waals surface area contributed by atoms with Crippen LogP contribution in [0.2, 0.25) is 0 Å². The summed E-state index contributed by atoms with van der Waals surface area (Å²) in [6.45, 7) is 8.86. The van der Waals surface area contributed by atoms with Crippen molar-refractivity contribution < 1.29 is 14.3 Å². The van der Waals surface area contributed by atoms with E-state index in [1.54, 1.807) is 13.8 Å². The summed E-state index contributed by atoms with van der Waals surface area (Å²) in [5.74, 6) is 0.103. The molecule has 5 nitrogen and oxygen atoms in total. The number of piperazine rings is 1. The minimum Gasteiger partial charge on any atom is -0.381 e. The van der Waals surface area contributed by atoms with Crippen molar-refractivity contribution in [3.63, 3.8) is 0 Å². The molecule has 0 aliphatic carbocycles. The van der Waals surface area contributed by atoms with Gasteiger partial charge in [0.2, 0.25) is 11.8 Å². The molecule has 2 amide bonds. The number of nitrogens with one attached hydrogen (secondary N) is 1. The Labute approximate surface area is 114 Å². The molecule has 1 unspecified atom stereocenters. The summed E-state index contributed by atoms with van der Waals surface area (Å²) in [5, 5.41) is 2.84. The second kappa shape index (κ2) is 5.12. The van der Waals surface area contributed by atoms with E-state index >= 15 is 0 Å². The molecule has 1 atom stereocenters. The van der Waals surface area contributed by atoms with Crippen molar-refractivity contribution in [1.82, 2.24) is 10.2 Å². The van der Waals surface area contributed by atoms with Crippen LogP contribution in [0.4, 0.5) is 0 Å². The Morgan fingerprint density at radius 2 is 1.84 bits per heavy atom. The van der Waals surface area contributed by atoms with E-state index in [-0.39, 0.29) is 29.8 Å². The minimum atomic E-state index is -0.805. The normalized spacial score (nSPS) is 28.7. The van der Waals surface area contributed by atoms with Gasteiger partial charge < -0.3 is 15.0 Å². The van der Waals surface area contributed by atoms with Crippen LogP contribution in [0.3, 0.4) is 0 Å². The summed E-state index contributed by atoms with van der Waals surface area (Å²) in [6, 6.07) is -0.234. The molecule has 5 heteroatoms. The summed E-state index contributed by atoms with van der Waals surface area (Å²) >= 11 is 0. The molecule has 1 N–H and O–H groups in total. The van der Waals surface area contributed by atoms with E-state index in [4.69, 9.17) is 4.74 Å². The summed E-state index contributed by atoms with van der Waals surface area (Å²) in [5.41, 5.74) is -0.805. The van der Waals surface area contributed by atoms with Crippen LogP contribution >= 0.6 is 0 Å². The lowest BCUT2D eigenvalue weighted by atomic mass is 9.88. The summed E-state index contributed by atoms with van der Waals surface area (Å²) < 4.78 is 5.36. The van der Waals surface area contributed by atoms with E-state index in [1.165, 1.54) is 0 Å². The minimum absolute atomic E-state index is 0.0256. The predicted molar refractivity (Wildman–Crippen MR) is 71.5 cm³/mol. The zero-order chi connectivity index (χ0) is 14.2. The maximum atomic E-state index is 12.7. The molecular formula is C14H24N2O3. The molecule has 0 aromatic heterocycles. The lowest BCUT2D eigenvalue weighted by Crippen LogP contribution is -2.71. The van der Waals surface area contributed by atoms with Crippen LogP contribution < -0.4 is 5.32 Å². The standard InChI is InChI=1S/C14H24N2O3/c1-9(2)11-12(17)15-14(3,4)13(18)16(11)10-5-7-19-8-6-10/h9-11H,5-8H2,1-4H3,(H,15,17). The van der Waals surface area contributed by atoms with Gasteiger partial charge in [0.1, 0.15) is 11.6 Å². The van der Waals surface area contributed by atoms with Gasteiger partial charge in [-0.05, 0) is 32.6 Å². The van der Waals surface area contributed by atoms with E-state index in [1.807, 2.05) is 18.7 Å². The van der Waals surface area contributed by atoms with Gasteiger partial charge in [-0.25, -0.2) is 0 Å². The molecule has 2 saturated heterocycles. The molecule has 108 valence electrons. The highest BCUT2D eigenvalue weighted by atomic mass is 16.5. The van der Waals surface area contributed by atoms with Gasteiger partial charge in [-0.15, -0.1) is 0 Å². The third kappa shape index (κ3) is 2.61. The van der Waals surface area contributed by atoms with Crippen molar-refractivity contribution in [2.24, 2.45) is 5.92 Å². The van der Waals surface area contributed by atoms with Gasteiger partial charge >= 0.3 is 0 Å². The molecule has 2 rings (SSSR count). The van der Waals surface area contributed by atoms with Crippen LogP contribution in [0, 0.1) is 5.92 Å². The summed E-state index contributed by atoms with van der Waals surface area (Å²) in [6.07, 6.45) is 1.64. The third-order valence-electron chi connectivity index (χ3n) is 3.99. The van der Waals surface area contributed by atoms with Crippen molar-refractivity contribution in [2.75, 3.05) is 13.2 Å². The fraction of sp³-hybridized carbons (Fsp3) is 0.857. The Kier molecular flexibility index (Phi) is 3.85. The highest BCUT2D eigenvalue weighted by molar-refractivity contribution is 5.99. The summed E-state index contributed by atoms with van der Waals surface area (Å²) in [7, 11) is 0. The zero-order valence-electron chi connectivity index (χ0n) is 12.2. The van der Waals surface area contributed by atoms with Crippen LogP contribution in [0.5, 0.6) is 0 Å². The van der Waals surface area contributed by atoms with Crippen molar-refractivity contribution in [3.05, 3.63) is 0 Å². The Morgan fingerprint density at radius 3 is 2.37 bits per heavy atom. The molecule has 0 saturated carbocycles. The number of ether oxygens (including phenoxy) is 1. The average Bonchev–Trinajstić information content (AvgIpc) is 2.33. The first-order valence-electron chi connectivity index (χ1n) is 7.07. The molecule has 19 heavy (non-hydrogen) atoms. The van der Waals surface area contributed by atoms with Gasteiger partial charge in [0.25, 0.3) is 0 Å². The lowest BCUT2D eigenvalue weighted by molar-refractivity contribution is -0.160. The lowest BCUT2D eigenvalue weighted by Gasteiger charge is -2.48. The number of hydrogen-bond donors (Lipinski definition) is 1. The van der Waals surface area contributed by atoms with E-state index in [0.717, 1.165) is 12.8 Å². The molecule has 0 aromatic rings. The number of rotatable bonds is 2. The van der Waals surface area contributed by atoms with Crippen molar-refractivity contribution in [1.29, 1.82) is 0 Å². The van der Waals surface area contributed by atoms with Crippen LogP contribution in [-0.4, -0.2) is 47.6 Å². The van der Waals surface area contributed by atoms with Crippen LogP contribution in [-0.2, 0) is 14.3 Å². The molecule has 2 heterocycles. The van der Waals surface area contributed by atoms with E-state index in [2.05, 4.69) is 5.32 Å². The first kappa shape index (κ1) is 14.3. The first-order chi connectivity index (χ1) is 8.84. The van der Waals surface area contributed by atoms with Crippen molar-refractivity contribution in [3.8, 4) is 0 Å². The number of nitrogens with zero attached hydrogens (tertiary/aromatic N) is 1. The maximum Gasteiger partial charge on any atom is 0.248 e. The van der Waals surface area contributed by atoms with Gasteiger partial charge in [-0.1, -0.05) is 13.8 Å². The zero-order valence-corrected chi connectivity index (χ0v) is 12.2. The second-order valence-electron chi connectivity index (χ2n) is 6.36. The number of hydrogen-bond acceptors (Lipinski definition) is 3. The van der Waals surface area contributed by atoms with E-state index in [9.17, 15) is 9.59 Å².